The average Bonchev–Trinajstić information content (AvgIpc) is 2.39. The van der Waals surface area contributed by atoms with Gasteiger partial charge in [-0.05, 0) is 38.1 Å². The van der Waals surface area contributed by atoms with Crippen molar-refractivity contribution < 1.29 is 4.79 Å². The minimum absolute atomic E-state index is 0.0231. The molecule has 2 rings (SSSR count). The van der Waals surface area contributed by atoms with E-state index in [1.165, 1.54) is 6.92 Å². The van der Waals surface area contributed by atoms with Gasteiger partial charge in [-0.25, -0.2) is 9.97 Å². The van der Waals surface area contributed by atoms with Gasteiger partial charge in [-0.15, -0.1) is 0 Å². The molecule has 0 bridgehead atoms. The fraction of sp³-hybridized carbons (Fsp3) is 0.143. The highest BCUT2D eigenvalue weighted by molar-refractivity contribution is 5.94. The number of nitriles is 1. The molecular weight excluding hydrogens is 254 g/mol. The third-order valence-corrected chi connectivity index (χ3v) is 2.59. The molecule has 0 radical (unpaired) electrons. The van der Waals surface area contributed by atoms with E-state index in [4.69, 9.17) is 5.26 Å². The number of aromatic nitrogens is 2. The molecule has 0 saturated heterocycles. The van der Waals surface area contributed by atoms with Crippen LogP contribution in [0.4, 0.5) is 17.3 Å². The second kappa shape index (κ2) is 5.80. The van der Waals surface area contributed by atoms with Crippen molar-refractivity contribution in [1.82, 2.24) is 9.97 Å². The zero-order chi connectivity index (χ0) is 14.5. The number of Topliss-reactive ketones (excluding diaryl/α,β-unsaturated/α-hetero) is 1. The minimum Gasteiger partial charge on any atom is -0.340 e. The number of rotatable bonds is 4. The predicted octanol–water partition coefficient (Wildman–Crippen LogP) is 2.62. The molecule has 20 heavy (non-hydrogen) atoms. The molecule has 0 spiro atoms. The molecule has 2 N–H and O–H groups in total. The third-order valence-electron chi connectivity index (χ3n) is 2.59. The van der Waals surface area contributed by atoms with Gasteiger partial charge < -0.3 is 5.32 Å². The van der Waals surface area contributed by atoms with Gasteiger partial charge in [0.2, 0.25) is 0 Å². The van der Waals surface area contributed by atoms with Crippen molar-refractivity contribution >= 4 is 23.1 Å². The van der Waals surface area contributed by atoms with Crippen LogP contribution in [0.25, 0.3) is 0 Å². The molecule has 6 heteroatoms. The molecule has 0 aliphatic rings. The monoisotopic (exact) mass is 267 g/mol. The van der Waals surface area contributed by atoms with Gasteiger partial charge in [-0.1, -0.05) is 0 Å². The Morgan fingerprint density at radius 3 is 2.45 bits per heavy atom. The lowest BCUT2D eigenvalue weighted by Gasteiger charge is -2.08. The number of nitrogens with one attached hydrogen (secondary N) is 2. The molecule has 0 unspecified atom stereocenters. The van der Waals surface area contributed by atoms with Crippen LogP contribution < -0.4 is 10.6 Å². The highest BCUT2D eigenvalue weighted by Crippen LogP contribution is 2.18. The van der Waals surface area contributed by atoms with Crippen LogP contribution in [-0.4, -0.2) is 15.8 Å². The SMILES string of the molecule is CC(=O)c1ccc(Nc2cc(NC#N)nc(C)n2)cc1. The van der Waals surface area contributed by atoms with Crippen LogP contribution in [0, 0.1) is 18.4 Å². The van der Waals surface area contributed by atoms with Crippen LogP contribution in [0.2, 0.25) is 0 Å². The van der Waals surface area contributed by atoms with E-state index in [1.54, 1.807) is 37.3 Å². The van der Waals surface area contributed by atoms with Crippen molar-refractivity contribution in [2.75, 3.05) is 10.6 Å². The summed E-state index contributed by atoms with van der Waals surface area (Å²) in [6, 6.07) is 8.71. The molecule has 6 nitrogen and oxygen atoms in total. The maximum Gasteiger partial charge on any atom is 0.182 e. The average molecular weight is 267 g/mol. The molecule has 0 fully saturated rings. The van der Waals surface area contributed by atoms with Gasteiger partial charge in [0, 0.05) is 17.3 Å². The van der Waals surface area contributed by atoms with E-state index < -0.39 is 0 Å². The molecule has 0 atom stereocenters. The van der Waals surface area contributed by atoms with E-state index in [-0.39, 0.29) is 5.78 Å². The number of aryl methyl sites for hydroxylation is 1. The Labute approximate surface area is 116 Å². The molecule has 1 heterocycles. The van der Waals surface area contributed by atoms with Gasteiger partial charge in [0.1, 0.15) is 17.5 Å². The maximum absolute atomic E-state index is 11.2. The maximum atomic E-state index is 11.2. The van der Waals surface area contributed by atoms with E-state index in [1.807, 2.05) is 6.19 Å². The fourth-order valence-corrected chi connectivity index (χ4v) is 1.69. The lowest BCUT2D eigenvalue weighted by molar-refractivity contribution is 0.101. The van der Waals surface area contributed by atoms with E-state index >= 15 is 0 Å². The Balaban J connectivity index is 2.21. The summed E-state index contributed by atoms with van der Waals surface area (Å²) < 4.78 is 0. The highest BCUT2D eigenvalue weighted by Gasteiger charge is 2.03. The van der Waals surface area contributed by atoms with Crippen molar-refractivity contribution in [3.63, 3.8) is 0 Å². The largest absolute Gasteiger partial charge is 0.340 e. The van der Waals surface area contributed by atoms with Crippen LogP contribution >= 0.6 is 0 Å². The van der Waals surface area contributed by atoms with Gasteiger partial charge in [0.25, 0.3) is 0 Å². The topological polar surface area (TPSA) is 90.7 Å². The second-order valence-electron chi connectivity index (χ2n) is 4.18. The number of hydrogen-bond acceptors (Lipinski definition) is 6. The van der Waals surface area contributed by atoms with Gasteiger partial charge in [-0.3, -0.25) is 10.1 Å². The van der Waals surface area contributed by atoms with Gasteiger partial charge in [0.15, 0.2) is 12.0 Å². The molecule has 0 amide bonds. The quantitative estimate of drug-likeness (QED) is 0.502. The Kier molecular flexibility index (Phi) is 3.91. The molecule has 2 aromatic rings. The first-order chi connectivity index (χ1) is 9.58. The number of carbonyl (C=O) groups excluding carboxylic acids is 1. The summed E-state index contributed by atoms with van der Waals surface area (Å²) in [5.74, 6) is 1.58. The van der Waals surface area contributed by atoms with E-state index in [9.17, 15) is 4.79 Å². The molecule has 100 valence electrons. The summed E-state index contributed by atoms with van der Waals surface area (Å²) in [5.41, 5.74) is 1.46. The Morgan fingerprint density at radius 1 is 1.20 bits per heavy atom. The van der Waals surface area contributed by atoms with Crippen LogP contribution in [0.3, 0.4) is 0 Å². The van der Waals surface area contributed by atoms with E-state index in [0.717, 1.165) is 5.69 Å². The highest BCUT2D eigenvalue weighted by atomic mass is 16.1. The third kappa shape index (κ3) is 3.29. The predicted molar refractivity (Wildman–Crippen MR) is 75.7 cm³/mol. The Bertz CT molecular complexity index is 673. The van der Waals surface area contributed by atoms with Crippen LogP contribution in [0.1, 0.15) is 23.1 Å². The summed E-state index contributed by atoms with van der Waals surface area (Å²) in [5, 5.41) is 14.2. The smallest absolute Gasteiger partial charge is 0.182 e. The van der Waals surface area contributed by atoms with E-state index in [2.05, 4.69) is 20.6 Å². The fourth-order valence-electron chi connectivity index (χ4n) is 1.69. The number of anilines is 3. The normalized spacial score (nSPS) is 9.65. The summed E-state index contributed by atoms with van der Waals surface area (Å²) in [6.45, 7) is 3.27. The van der Waals surface area contributed by atoms with Crippen LogP contribution in [-0.2, 0) is 0 Å². The number of carbonyl (C=O) groups is 1. The first-order valence-corrected chi connectivity index (χ1v) is 5.97. The molecule has 1 aromatic carbocycles. The molecule has 0 saturated carbocycles. The first kappa shape index (κ1) is 13.5. The zero-order valence-electron chi connectivity index (χ0n) is 11.1. The van der Waals surface area contributed by atoms with Crippen molar-refractivity contribution in [1.29, 1.82) is 5.26 Å². The standard InChI is InChI=1S/C14H13N5O/c1-9(20)11-3-5-12(6-4-11)19-14-7-13(16-8-15)17-10(2)18-14/h3-7H,1-2H3,(H2,16,17,18,19). The number of ketones is 1. The van der Waals surface area contributed by atoms with Crippen molar-refractivity contribution in [3.05, 3.63) is 41.7 Å². The summed E-state index contributed by atoms with van der Waals surface area (Å²) >= 11 is 0. The minimum atomic E-state index is 0.0231. The zero-order valence-corrected chi connectivity index (χ0v) is 11.1. The van der Waals surface area contributed by atoms with Crippen molar-refractivity contribution in [2.24, 2.45) is 0 Å². The Hall–Kier alpha value is -2.94. The second-order valence-corrected chi connectivity index (χ2v) is 4.18. The molecule has 0 aliphatic heterocycles. The Morgan fingerprint density at radius 2 is 1.85 bits per heavy atom. The van der Waals surface area contributed by atoms with Gasteiger partial charge in [0.05, 0.1) is 0 Å². The van der Waals surface area contributed by atoms with Crippen molar-refractivity contribution in [2.45, 2.75) is 13.8 Å². The number of nitrogens with zero attached hydrogens (tertiary/aromatic N) is 3. The van der Waals surface area contributed by atoms with Gasteiger partial charge >= 0.3 is 0 Å². The van der Waals surface area contributed by atoms with Crippen molar-refractivity contribution in [3.8, 4) is 6.19 Å². The number of hydrogen-bond donors (Lipinski definition) is 2. The van der Waals surface area contributed by atoms with E-state index in [0.29, 0.717) is 23.0 Å². The number of benzene rings is 1. The lowest BCUT2D eigenvalue weighted by atomic mass is 10.1. The molecular formula is C14H13N5O. The molecule has 1 aromatic heterocycles. The van der Waals surface area contributed by atoms with Crippen LogP contribution in [0.15, 0.2) is 30.3 Å². The van der Waals surface area contributed by atoms with Crippen LogP contribution in [0.5, 0.6) is 0 Å². The summed E-state index contributed by atoms with van der Waals surface area (Å²) in [7, 11) is 0. The lowest BCUT2D eigenvalue weighted by Crippen LogP contribution is -2.01. The van der Waals surface area contributed by atoms with Gasteiger partial charge in [-0.2, -0.15) is 5.26 Å². The first-order valence-electron chi connectivity index (χ1n) is 5.97. The molecule has 0 aliphatic carbocycles. The summed E-state index contributed by atoms with van der Waals surface area (Å²) in [4.78, 5) is 19.5. The summed E-state index contributed by atoms with van der Waals surface area (Å²) in [6.07, 6.45) is 1.82.